The van der Waals surface area contributed by atoms with Crippen LogP contribution in [0.15, 0.2) is 29.1 Å². The van der Waals surface area contributed by atoms with Gasteiger partial charge in [-0.2, -0.15) is 5.26 Å². The number of aromatic nitrogens is 3. The van der Waals surface area contributed by atoms with E-state index in [0.29, 0.717) is 45.6 Å². The minimum Gasteiger partial charge on any atom is -0.487 e. The van der Waals surface area contributed by atoms with Crippen molar-refractivity contribution in [3.63, 3.8) is 0 Å². The zero-order valence-corrected chi connectivity index (χ0v) is 18.1. The first kappa shape index (κ1) is 20.2. The third-order valence-electron chi connectivity index (χ3n) is 6.13. The molecule has 5 N–H and O–H groups in total. The van der Waals surface area contributed by atoms with Crippen LogP contribution in [0.25, 0.3) is 11.0 Å². The van der Waals surface area contributed by atoms with E-state index in [0.717, 1.165) is 24.1 Å². The lowest BCUT2D eigenvalue weighted by molar-refractivity contribution is -0.0166. The number of aliphatic hydroxyl groups excluding tert-OH is 2. The van der Waals surface area contributed by atoms with Crippen LogP contribution in [0.3, 0.4) is 0 Å². The van der Waals surface area contributed by atoms with Crippen molar-refractivity contribution < 1.29 is 14.9 Å². The van der Waals surface area contributed by atoms with Crippen LogP contribution in [0.1, 0.15) is 29.2 Å². The van der Waals surface area contributed by atoms with E-state index in [1.165, 1.54) is 6.33 Å². The molecule has 2 aliphatic rings. The molecule has 1 saturated carbocycles. The first-order chi connectivity index (χ1) is 15.0. The van der Waals surface area contributed by atoms with Crippen molar-refractivity contribution in [3.8, 4) is 11.8 Å². The molecule has 0 spiro atoms. The lowest BCUT2D eigenvalue weighted by Gasteiger charge is -2.24. The zero-order chi connectivity index (χ0) is 21.7. The number of nitrogens with zero attached hydrogens (tertiary/aromatic N) is 4. The molecule has 9 nitrogen and oxygen atoms in total. The molecule has 0 saturated heterocycles. The van der Waals surface area contributed by atoms with E-state index in [2.05, 4.69) is 37.3 Å². The predicted octanol–water partition coefficient (Wildman–Crippen LogP) is 1.41. The van der Waals surface area contributed by atoms with Crippen molar-refractivity contribution in [1.29, 1.82) is 5.26 Å². The minimum atomic E-state index is -1.10. The third kappa shape index (κ3) is 3.34. The molecule has 160 valence electrons. The Labute approximate surface area is 186 Å². The second kappa shape index (κ2) is 7.76. The standard InChI is InChI=1S/C21H21BrN6O3/c22-13-8-28(21-17(13)20(24)26-9-27-21)14-5-16(19(30)18(14)29)31-15-4-10(6-23)3-11-1-2-25-7-12(11)15/h3-4,8-9,14,16,18-19,25,29-30H,1-2,5,7H2,(H2,24,26,27)/t14?,16?,18-,19+/m0/s1. The van der Waals surface area contributed by atoms with Crippen LogP contribution in [-0.4, -0.2) is 49.6 Å². The predicted molar refractivity (Wildman–Crippen MR) is 116 cm³/mol. The Morgan fingerprint density at radius 2 is 2.13 bits per heavy atom. The normalized spacial score (nSPS) is 25.4. The van der Waals surface area contributed by atoms with E-state index < -0.39 is 24.4 Å². The Balaban J connectivity index is 1.48. The highest BCUT2D eigenvalue weighted by Gasteiger charge is 2.45. The van der Waals surface area contributed by atoms with Crippen LogP contribution < -0.4 is 15.8 Å². The highest BCUT2D eigenvalue weighted by atomic mass is 79.9. The summed E-state index contributed by atoms with van der Waals surface area (Å²) in [6.07, 6.45) is 1.54. The van der Waals surface area contributed by atoms with Gasteiger partial charge in [-0.25, -0.2) is 9.97 Å². The molecule has 2 aromatic heterocycles. The number of nitrogen functional groups attached to an aromatic ring is 1. The van der Waals surface area contributed by atoms with Gasteiger partial charge in [0.2, 0.25) is 0 Å². The monoisotopic (exact) mass is 484 g/mol. The Morgan fingerprint density at radius 3 is 2.94 bits per heavy atom. The molecule has 0 amide bonds. The van der Waals surface area contributed by atoms with E-state index in [9.17, 15) is 15.5 Å². The molecule has 4 atom stereocenters. The molecule has 5 rings (SSSR count). The number of benzene rings is 1. The number of ether oxygens (including phenoxy) is 1. The summed E-state index contributed by atoms with van der Waals surface area (Å²) in [6, 6.07) is 5.31. The topological polar surface area (TPSA) is 142 Å². The number of fused-ring (bicyclic) bond motifs is 2. The van der Waals surface area contributed by atoms with Gasteiger partial charge in [0.25, 0.3) is 0 Å². The summed E-state index contributed by atoms with van der Waals surface area (Å²) in [5.74, 6) is 0.909. The molecule has 0 radical (unpaired) electrons. The SMILES string of the molecule is N#Cc1cc2c(c(OC3CC(n4cc(Br)c5c(N)ncnc54)[C@H](O)[C@@H]3O)c1)CNCC2. The van der Waals surface area contributed by atoms with E-state index in [1.807, 2.05) is 6.07 Å². The van der Waals surface area contributed by atoms with Crippen LogP contribution in [0, 0.1) is 11.3 Å². The van der Waals surface area contributed by atoms with Gasteiger partial charge >= 0.3 is 0 Å². The van der Waals surface area contributed by atoms with E-state index in [1.54, 1.807) is 16.8 Å². The number of nitrogens with one attached hydrogen (secondary N) is 1. The molecule has 31 heavy (non-hydrogen) atoms. The summed E-state index contributed by atoms with van der Waals surface area (Å²) in [4.78, 5) is 8.34. The van der Waals surface area contributed by atoms with Crippen LogP contribution >= 0.6 is 15.9 Å². The number of anilines is 1. The highest BCUT2D eigenvalue weighted by molar-refractivity contribution is 9.10. The molecule has 1 aromatic carbocycles. The summed E-state index contributed by atoms with van der Waals surface area (Å²) in [7, 11) is 0. The number of rotatable bonds is 3. The fourth-order valence-electron chi connectivity index (χ4n) is 4.57. The largest absolute Gasteiger partial charge is 0.487 e. The van der Waals surface area contributed by atoms with Crippen molar-refractivity contribution in [1.82, 2.24) is 19.9 Å². The molecule has 2 unspecified atom stereocenters. The molecule has 1 fully saturated rings. The minimum absolute atomic E-state index is 0.337. The second-order valence-electron chi connectivity index (χ2n) is 7.93. The summed E-state index contributed by atoms with van der Waals surface area (Å²) in [5.41, 5.74) is 9.15. The van der Waals surface area contributed by atoms with Gasteiger partial charge in [0.15, 0.2) is 0 Å². The maximum atomic E-state index is 10.8. The summed E-state index contributed by atoms with van der Waals surface area (Å²) < 4.78 is 8.73. The Morgan fingerprint density at radius 1 is 1.29 bits per heavy atom. The molecular formula is C21H21BrN6O3. The molecular weight excluding hydrogens is 464 g/mol. The van der Waals surface area contributed by atoms with E-state index in [-0.39, 0.29) is 0 Å². The molecule has 3 aromatic rings. The lowest BCUT2D eigenvalue weighted by Crippen LogP contribution is -2.35. The lowest BCUT2D eigenvalue weighted by atomic mass is 9.97. The van der Waals surface area contributed by atoms with Gasteiger partial charge in [0.1, 0.15) is 41.9 Å². The fourth-order valence-corrected chi connectivity index (χ4v) is 5.17. The first-order valence-corrected chi connectivity index (χ1v) is 10.8. The Kier molecular flexibility index (Phi) is 5.06. The maximum absolute atomic E-state index is 10.8. The van der Waals surface area contributed by atoms with Crippen molar-refractivity contribution in [2.45, 2.75) is 43.7 Å². The number of hydrogen-bond donors (Lipinski definition) is 4. The van der Waals surface area contributed by atoms with E-state index in [4.69, 9.17) is 10.5 Å². The maximum Gasteiger partial charge on any atom is 0.147 e. The van der Waals surface area contributed by atoms with Crippen LogP contribution in [-0.2, 0) is 13.0 Å². The van der Waals surface area contributed by atoms with Crippen molar-refractivity contribution in [3.05, 3.63) is 45.8 Å². The van der Waals surface area contributed by atoms with Crippen molar-refractivity contribution in [2.24, 2.45) is 0 Å². The number of aliphatic hydroxyl groups is 2. The van der Waals surface area contributed by atoms with Crippen LogP contribution in [0.2, 0.25) is 0 Å². The zero-order valence-electron chi connectivity index (χ0n) is 16.5. The van der Waals surface area contributed by atoms with Gasteiger partial charge in [-0.1, -0.05) is 0 Å². The second-order valence-corrected chi connectivity index (χ2v) is 8.79. The fraction of sp³-hybridized carbons (Fsp3) is 0.381. The van der Waals surface area contributed by atoms with E-state index >= 15 is 0 Å². The number of nitrogens with two attached hydrogens (primary N) is 1. The molecule has 10 heteroatoms. The Hall–Kier alpha value is -2.71. The van der Waals surface area contributed by atoms with Crippen LogP contribution in [0.4, 0.5) is 5.82 Å². The first-order valence-electron chi connectivity index (χ1n) is 10.0. The summed E-state index contributed by atoms with van der Waals surface area (Å²) in [5, 5.41) is 35.0. The molecule has 1 aliphatic carbocycles. The van der Waals surface area contributed by atoms with Gasteiger partial charge in [-0.3, -0.25) is 0 Å². The van der Waals surface area contributed by atoms with Crippen molar-refractivity contribution in [2.75, 3.05) is 12.3 Å². The van der Waals surface area contributed by atoms with Gasteiger partial charge in [-0.05, 0) is 46.6 Å². The number of nitriles is 1. The van der Waals surface area contributed by atoms with Gasteiger partial charge in [-0.15, -0.1) is 0 Å². The average molecular weight is 485 g/mol. The van der Waals surface area contributed by atoms with Gasteiger partial charge < -0.3 is 30.6 Å². The van der Waals surface area contributed by atoms with Gasteiger partial charge in [0.05, 0.1) is 23.1 Å². The summed E-state index contributed by atoms with van der Waals surface area (Å²) in [6.45, 7) is 1.48. The molecule has 0 bridgehead atoms. The smallest absolute Gasteiger partial charge is 0.147 e. The highest BCUT2D eigenvalue weighted by Crippen LogP contribution is 2.39. The third-order valence-corrected chi connectivity index (χ3v) is 6.73. The molecule has 3 heterocycles. The van der Waals surface area contributed by atoms with Crippen molar-refractivity contribution >= 4 is 32.8 Å². The quantitative estimate of drug-likeness (QED) is 0.436. The Bertz CT molecular complexity index is 1210. The average Bonchev–Trinajstić information content (AvgIpc) is 3.25. The number of hydrogen-bond acceptors (Lipinski definition) is 8. The number of halogens is 1. The van der Waals surface area contributed by atoms with Gasteiger partial charge in [0, 0.05) is 29.2 Å². The van der Waals surface area contributed by atoms with Crippen LogP contribution in [0.5, 0.6) is 5.75 Å². The molecule has 1 aliphatic heterocycles. The summed E-state index contributed by atoms with van der Waals surface area (Å²) >= 11 is 3.48.